The number of nitrogens with one attached hydrogen (secondary N) is 1. The molecule has 1 unspecified atom stereocenters. The van der Waals surface area contributed by atoms with E-state index in [2.05, 4.69) is 10.2 Å². The number of rotatable bonds is 6. The van der Waals surface area contributed by atoms with Crippen molar-refractivity contribution in [1.82, 2.24) is 15.1 Å². The lowest BCUT2D eigenvalue weighted by atomic mass is 9.75. The first-order chi connectivity index (χ1) is 13.5. The molecule has 28 heavy (non-hydrogen) atoms. The van der Waals surface area contributed by atoms with Gasteiger partial charge in [0.25, 0.3) is 0 Å². The van der Waals surface area contributed by atoms with E-state index in [1.54, 1.807) is 12.1 Å². The maximum absolute atomic E-state index is 13.3. The molecule has 6 heteroatoms. The monoisotopic (exact) mass is 389 g/mol. The summed E-state index contributed by atoms with van der Waals surface area (Å²) >= 11 is 0. The zero-order valence-electron chi connectivity index (χ0n) is 16.8. The molecule has 1 heterocycles. The van der Waals surface area contributed by atoms with Crippen molar-refractivity contribution in [3.63, 3.8) is 0 Å². The standard InChI is InChI=1S/C22H32FN3O2/c1-25-11-13-26(14-12-25)22(28)16-24-21(27)15-20(17-5-3-2-4-6-17)18-7-9-19(23)10-8-18/h7-10,17,20H,2-6,11-16H2,1H3,(H,24,27). The Morgan fingerprint density at radius 2 is 1.71 bits per heavy atom. The lowest BCUT2D eigenvalue weighted by Gasteiger charge is -2.32. The Balaban J connectivity index is 1.56. The molecule has 2 fully saturated rings. The largest absolute Gasteiger partial charge is 0.347 e. The Bertz CT molecular complexity index is 650. The van der Waals surface area contributed by atoms with Gasteiger partial charge in [0.15, 0.2) is 0 Å². The third kappa shape index (κ3) is 5.77. The summed E-state index contributed by atoms with van der Waals surface area (Å²) in [5.41, 5.74) is 1.02. The van der Waals surface area contributed by atoms with Crippen LogP contribution in [0.2, 0.25) is 0 Å². The van der Waals surface area contributed by atoms with E-state index in [-0.39, 0.29) is 30.1 Å². The molecule has 1 aromatic rings. The first kappa shape index (κ1) is 20.8. The number of likely N-dealkylation sites (N-methyl/N-ethyl adjacent to an activating group) is 1. The average molecular weight is 390 g/mol. The first-order valence-corrected chi connectivity index (χ1v) is 10.5. The molecule has 1 aliphatic heterocycles. The third-order valence-electron chi connectivity index (χ3n) is 6.22. The van der Waals surface area contributed by atoms with E-state index in [0.717, 1.165) is 31.5 Å². The highest BCUT2D eigenvalue weighted by Crippen LogP contribution is 2.38. The number of nitrogens with zero attached hydrogens (tertiary/aromatic N) is 2. The number of halogens is 1. The second-order valence-electron chi connectivity index (χ2n) is 8.22. The quantitative estimate of drug-likeness (QED) is 0.814. The summed E-state index contributed by atoms with van der Waals surface area (Å²) < 4.78 is 13.3. The fourth-order valence-electron chi connectivity index (χ4n) is 4.42. The topological polar surface area (TPSA) is 52.6 Å². The summed E-state index contributed by atoms with van der Waals surface area (Å²) in [7, 11) is 2.05. The molecule has 0 spiro atoms. The smallest absolute Gasteiger partial charge is 0.242 e. The number of carbonyl (C=O) groups is 2. The summed E-state index contributed by atoms with van der Waals surface area (Å²) in [6.45, 7) is 3.22. The van der Waals surface area contributed by atoms with Crippen molar-refractivity contribution in [2.45, 2.75) is 44.4 Å². The highest BCUT2D eigenvalue weighted by molar-refractivity contribution is 5.85. The average Bonchev–Trinajstić information content (AvgIpc) is 2.72. The van der Waals surface area contributed by atoms with Crippen LogP contribution >= 0.6 is 0 Å². The Kier molecular flexibility index (Phi) is 7.43. The summed E-state index contributed by atoms with van der Waals surface area (Å²) in [5.74, 6) is 0.158. The number of hydrogen-bond donors (Lipinski definition) is 1. The Labute approximate surface area is 167 Å². The van der Waals surface area contributed by atoms with Gasteiger partial charge in [0.05, 0.1) is 6.54 Å². The number of hydrogen-bond acceptors (Lipinski definition) is 3. The van der Waals surface area contributed by atoms with Crippen LogP contribution in [0.15, 0.2) is 24.3 Å². The van der Waals surface area contributed by atoms with Gasteiger partial charge < -0.3 is 15.1 Å². The molecule has 2 amide bonds. The van der Waals surface area contributed by atoms with Gasteiger partial charge in [0.2, 0.25) is 11.8 Å². The van der Waals surface area contributed by atoms with Gasteiger partial charge in [0.1, 0.15) is 5.82 Å². The van der Waals surface area contributed by atoms with Gasteiger partial charge >= 0.3 is 0 Å². The fraction of sp³-hybridized carbons (Fsp3) is 0.636. The van der Waals surface area contributed by atoms with E-state index in [4.69, 9.17) is 0 Å². The summed E-state index contributed by atoms with van der Waals surface area (Å²) in [6, 6.07) is 6.55. The highest BCUT2D eigenvalue weighted by Gasteiger charge is 2.28. The Morgan fingerprint density at radius 3 is 2.36 bits per heavy atom. The SMILES string of the molecule is CN1CCN(C(=O)CNC(=O)CC(c2ccc(F)cc2)C2CCCCC2)CC1. The Hall–Kier alpha value is -1.95. The predicted molar refractivity (Wildman–Crippen MR) is 107 cm³/mol. The van der Waals surface area contributed by atoms with E-state index in [0.29, 0.717) is 25.4 Å². The van der Waals surface area contributed by atoms with Crippen molar-refractivity contribution in [3.8, 4) is 0 Å². The van der Waals surface area contributed by atoms with Crippen LogP contribution in [0, 0.1) is 11.7 Å². The summed E-state index contributed by atoms with van der Waals surface area (Å²) in [4.78, 5) is 29.0. The molecule has 1 N–H and O–H groups in total. The molecule has 3 rings (SSSR count). The minimum atomic E-state index is -0.256. The molecule has 1 aliphatic carbocycles. The van der Waals surface area contributed by atoms with Crippen molar-refractivity contribution in [1.29, 1.82) is 0 Å². The molecule has 1 saturated heterocycles. The molecule has 2 aliphatic rings. The lowest BCUT2D eigenvalue weighted by Crippen LogP contribution is -2.50. The Morgan fingerprint density at radius 1 is 1.07 bits per heavy atom. The molecule has 0 aromatic heterocycles. The van der Waals surface area contributed by atoms with Gasteiger partial charge in [0, 0.05) is 32.6 Å². The molecule has 1 saturated carbocycles. The van der Waals surface area contributed by atoms with Crippen LogP contribution in [0.1, 0.15) is 50.0 Å². The van der Waals surface area contributed by atoms with Crippen LogP contribution < -0.4 is 5.32 Å². The maximum Gasteiger partial charge on any atom is 0.242 e. The number of benzene rings is 1. The normalized spacial score (nSPS) is 20.0. The van der Waals surface area contributed by atoms with Crippen molar-refractivity contribution >= 4 is 11.8 Å². The lowest BCUT2D eigenvalue weighted by molar-refractivity contribution is -0.134. The van der Waals surface area contributed by atoms with Crippen molar-refractivity contribution in [2.75, 3.05) is 39.8 Å². The zero-order valence-corrected chi connectivity index (χ0v) is 16.8. The number of piperazine rings is 1. The van der Waals surface area contributed by atoms with Gasteiger partial charge in [-0.15, -0.1) is 0 Å². The molecular weight excluding hydrogens is 357 g/mol. The molecule has 5 nitrogen and oxygen atoms in total. The van der Waals surface area contributed by atoms with E-state index < -0.39 is 0 Å². The molecular formula is C22H32FN3O2. The van der Waals surface area contributed by atoms with Crippen LogP contribution in [0.25, 0.3) is 0 Å². The van der Waals surface area contributed by atoms with Crippen molar-refractivity contribution in [3.05, 3.63) is 35.6 Å². The van der Waals surface area contributed by atoms with Gasteiger partial charge in [-0.3, -0.25) is 9.59 Å². The van der Waals surface area contributed by atoms with Gasteiger partial charge in [-0.1, -0.05) is 31.4 Å². The zero-order chi connectivity index (χ0) is 19.9. The van der Waals surface area contributed by atoms with Crippen LogP contribution in [0.4, 0.5) is 4.39 Å². The van der Waals surface area contributed by atoms with E-state index in [1.807, 2.05) is 11.9 Å². The van der Waals surface area contributed by atoms with E-state index in [1.165, 1.54) is 31.4 Å². The molecule has 154 valence electrons. The fourth-order valence-corrected chi connectivity index (χ4v) is 4.42. The van der Waals surface area contributed by atoms with Crippen LogP contribution in [-0.4, -0.2) is 61.4 Å². The van der Waals surface area contributed by atoms with Crippen LogP contribution in [-0.2, 0) is 9.59 Å². The molecule has 1 aromatic carbocycles. The second-order valence-corrected chi connectivity index (χ2v) is 8.22. The van der Waals surface area contributed by atoms with E-state index in [9.17, 15) is 14.0 Å². The summed E-state index contributed by atoms with van der Waals surface area (Å²) in [5, 5.41) is 2.82. The second kappa shape index (κ2) is 10.0. The predicted octanol–water partition coefficient (Wildman–Crippen LogP) is 2.77. The molecule has 0 radical (unpaired) electrons. The first-order valence-electron chi connectivity index (χ1n) is 10.5. The maximum atomic E-state index is 13.3. The molecule has 1 atom stereocenters. The highest BCUT2D eigenvalue weighted by atomic mass is 19.1. The number of amides is 2. The summed E-state index contributed by atoms with van der Waals surface area (Å²) in [6.07, 6.45) is 6.19. The number of carbonyl (C=O) groups excluding carboxylic acids is 2. The minimum Gasteiger partial charge on any atom is -0.347 e. The van der Waals surface area contributed by atoms with Crippen LogP contribution in [0.5, 0.6) is 0 Å². The van der Waals surface area contributed by atoms with E-state index >= 15 is 0 Å². The van der Waals surface area contributed by atoms with Crippen LogP contribution in [0.3, 0.4) is 0 Å². The van der Waals surface area contributed by atoms with Crippen molar-refractivity contribution < 1.29 is 14.0 Å². The third-order valence-corrected chi connectivity index (χ3v) is 6.22. The molecule has 0 bridgehead atoms. The van der Waals surface area contributed by atoms with Gasteiger partial charge in [-0.05, 0) is 49.4 Å². The minimum absolute atomic E-state index is 0.0163. The van der Waals surface area contributed by atoms with Gasteiger partial charge in [-0.2, -0.15) is 0 Å². The van der Waals surface area contributed by atoms with Gasteiger partial charge in [-0.25, -0.2) is 4.39 Å². The van der Waals surface area contributed by atoms with Crippen molar-refractivity contribution in [2.24, 2.45) is 5.92 Å².